The summed E-state index contributed by atoms with van der Waals surface area (Å²) in [7, 11) is 0. The summed E-state index contributed by atoms with van der Waals surface area (Å²) < 4.78 is 0. The molecular formula is C23H30N2OS. The molecule has 4 heteroatoms. The molecule has 0 spiro atoms. The molecule has 1 aliphatic rings. The van der Waals surface area contributed by atoms with Gasteiger partial charge in [-0.25, -0.2) is 0 Å². The van der Waals surface area contributed by atoms with Crippen LogP contribution in [0.15, 0.2) is 59.5 Å². The molecule has 0 aliphatic carbocycles. The molecule has 0 aromatic heterocycles. The van der Waals surface area contributed by atoms with E-state index < -0.39 is 0 Å². The topological polar surface area (TPSA) is 32.3 Å². The number of hydrogen-bond acceptors (Lipinski definition) is 3. The highest BCUT2D eigenvalue weighted by molar-refractivity contribution is 8.00. The third-order valence-electron chi connectivity index (χ3n) is 5.33. The predicted octanol–water partition coefficient (Wildman–Crippen LogP) is 5.28. The van der Waals surface area contributed by atoms with Crippen LogP contribution in [0.25, 0.3) is 0 Å². The van der Waals surface area contributed by atoms with Gasteiger partial charge in [0.05, 0.1) is 11.3 Å². The van der Waals surface area contributed by atoms with E-state index in [0.29, 0.717) is 0 Å². The minimum Gasteiger partial charge on any atom is -0.372 e. The van der Waals surface area contributed by atoms with Crippen molar-refractivity contribution < 1.29 is 4.79 Å². The Morgan fingerprint density at radius 2 is 1.67 bits per heavy atom. The first-order chi connectivity index (χ1) is 13.0. The summed E-state index contributed by atoms with van der Waals surface area (Å²) in [5.41, 5.74) is 2.44. The van der Waals surface area contributed by atoms with Crippen molar-refractivity contribution >= 4 is 23.4 Å². The second-order valence-electron chi connectivity index (χ2n) is 7.56. The average Bonchev–Trinajstić information content (AvgIpc) is 2.69. The number of anilines is 1. The lowest BCUT2D eigenvalue weighted by molar-refractivity contribution is -0.120. The van der Waals surface area contributed by atoms with Gasteiger partial charge in [-0.2, -0.15) is 0 Å². The Hall–Kier alpha value is -1.94. The second-order valence-corrected chi connectivity index (χ2v) is 8.98. The van der Waals surface area contributed by atoms with Crippen LogP contribution in [0.2, 0.25) is 0 Å². The van der Waals surface area contributed by atoms with Crippen molar-refractivity contribution in [2.75, 3.05) is 18.0 Å². The van der Waals surface area contributed by atoms with E-state index in [1.165, 1.54) is 18.5 Å². The Bertz CT molecular complexity index is 724. The highest BCUT2D eigenvalue weighted by Crippen LogP contribution is 2.26. The van der Waals surface area contributed by atoms with Crippen LogP contribution in [0.3, 0.4) is 0 Å². The van der Waals surface area contributed by atoms with Gasteiger partial charge >= 0.3 is 0 Å². The van der Waals surface area contributed by atoms with Gasteiger partial charge in [-0.1, -0.05) is 37.3 Å². The average molecular weight is 383 g/mol. The molecule has 0 radical (unpaired) electrons. The van der Waals surface area contributed by atoms with Gasteiger partial charge in [0.25, 0.3) is 0 Å². The maximum Gasteiger partial charge on any atom is 0.233 e. The molecule has 3 nitrogen and oxygen atoms in total. The number of thioether (sulfide) groups is 1. The highest BCUT2D eigenvalue weighted by Gasteiger charge is 2.19. The van der Waals surface area contributed by atoms with E-state index in [4.69, 9.17) is 0 Å². The molecule has 144 valence electrons. The van der Waals surface area contributed by atoms with E-state index in [1.54, 1.807) is 11.8 Å². The lowest BCUT2D eigenvalue weighted by Crippen LogP contribution is -2.33. The minimum absolute atomic E-state index is 0.00625. The molecule has 2 aromatic rings. The molecule has 0 saturated carbocycles. The normalized spacial score (nSPS) is 17.4. The molecule has 1 N–H and O–H groups in total. The zero-order chi connectivity index (χ0) is 19.2. The molecule has 1 fully saturated rings. The SMILES string of the molecule is CC1CCN(c2ccc([C@H](C)NC(=O)[C@@H](C)Sc3ccccc3)cc2)CC1. The van der Waals surface area contributed by atoms with Crippen LogP contribution in [-0.2, 0) is 4.79 Å². The van der Waals surface area contributed by atoms with Crippen LogP contribution in [0.5, 0.6) is 0 Å². The number of carbonyl (C=O) groups is 1. The van der Waals surface area contributed by atoms with Crippen LogP contribution >= 0.6 is 11.8 Å². The van der Waals surface area contributed by atoms with Gasteiger partial charge in [0.15, 0.2) is 0 Å². The number of nitrogens with one attached hydrogen (secondary N) is 1. The summed E-state index contributed by atoms with van der Waals surface area (Å²) in [5.74, 6) is 0.914. The van der Waals surface area contributed by atoms with Crippen LogP contribution in [0.4, 0.5) is 5.69 Å². The Balaban J connectivity index is 1.54. The van der Waals surface area contributed by atoms with Crippen molar-refractivity contribution in [3.8, 4) is 0 Å². The quantitative estimate of drug-likeness (QED) is 0.690. The minimum atomic E-state index is -0.121. The van der Waals surface area contributed by atoms with Crippen molar-refractivity contribution in [3.63, 3.8) is 0 Å². The maximum atomic E-state index is 12.5. The number of piperidine rings is 1. The number of rotatable bonds is 6. The number of hydrogen-bond donors (Lipinski definition) is 1. The van der Waals surface area contributed by atoms with Crippen LogP contribution in [-0.4, -0.2) is 24.2 Å². The molecular weight excluding hydrogens is 352 g/mol. The lowest BCUT2D eigenvalue weighted by atomic mass is 9.98. The largest absolute Gasteiger partial charge is 0.372 e. The second kappa shape index (κ2) is 9.32. The third kappa shape index (κ3) is 5.52. The Labute approximate surface area is 167 Å². The van der Waals surface area contributed by atoms with E-state index in [-0.39, 0.29) is 17.2 Å². The van der Waals surface area contributed by atoms with Gasteiger partial charge in [0.1, 0.15) is 0 Å². The van der Waals surface area contributed by atoms with E-state index in [1.807, 2.05) is 37.3 Å². The molecule has 1 heterocycles. The van der Waals surface area contributed by atoms with Crippen LogP contribution in [0.1, 0.15) is 45.2 Å². The Morgan fingerprint density at radius 3 is 2.30 bits per heavy atom. The van der Waals surface area contributed by atoms with Gasteiger partial charge < -0.3 is 10.2 Å². The summed E-state index contributed by atoms with van der Waals surface area (Å²) >= 11 is 1.59. The highest BCUT2D eigenvalue weighted by atomic mass is 32.2. The monoisotopic (exact) mass is 382 g/mol. The van der Waals surface area contributed by atoms with E-state index in [0.717, 1.165) is 29.5 Å². The molecule has 1 aliphatic heterocycles. The standard InChI is InChI=1S/C23H30N2OS/c1-17-13-15-25(16-14-17)21-11-9-20(10-12-21)18(2)24-23(26)19(3)27-22-7-5-4-6-8-22/h4-12,17-19H,13-16H2,1-3H3,(H,24,26)/t18-,19+/m0/s1. The smallest absolute Gasteiger partial charge is 0.233 e. The van der Waals surface area contributed by atoms with Crippen molar-refractivity contribution in [2.24, 2.45) is 5.92 Å². The molecule has 2 atom stereocenters. The number of benzene rings is 2. The summed E-state index contributed by atoms with van der Waals surface area (Å²) in [4.78, 5) is 16.1. The summed E-state index contributed by atoms with van der Waals surface area (Å²) in [6.07, 6.45) is 2.54. The molecule has 1 amide bonds. The van der Waals surface area contributed by atoms with Crippen LogP contribution < -0.4 is 10.2 Å². The number of nitrogens with zero attached hydrogens (tertiary/aromatic N) is 1. The van der Waals surface area contributed by atoms with Crippen LogP contribution in [0, 0.1) is 5.92 Å². The first-order valence-electron chi connectivity index (χ1n) is 9.90. The number of amides is 1. The molecule has 0 bridgehead atoms. The van der Waals surface area contributed by atoms with E-state index in [2.05, 4.69) is 48.3 Å². The van der Waals surface area contributed by atoms with E-state index >= 15 is 0 Å². The van der Waals surface area contributed by atoms with E-state index in [9.17, 15) is 4.79 Å². The van der Waals surface area contributed by atoms with Crippen molar-refractivity contribution in [1.82, 2.24) is 5.32 Å². The first-order valence-corrected chi connectivity index (χ1v) is 10.8. The van der Waals surface area contributed by atoms with Gasteiger partial charge in [-0.15, -0.1) is 11.8 Å². The Kier molecular flexibility index (Phi) is 6.84. The maximum absolute atomic E-state index is 12.5. The molecule has 0 unspecified atom stereocenters. The molecule has 1 saturated heterocycles. The first kappa shape index (κ1) is 19.8. The predicted molar refractivity (Wildman–Crippen MR) is 115 cm³/mol. The van der Waals surface area contributed by atoms with Gasteiger partial charge in [0, 0.05) is 23.7 Å². The van der Waals surface area contributed by atoms with Crippen molar-refractivity contribution in [1.29, 1.82) is 0 Å². The summed E-state index contributed by atoms with van der Waals surface area (Å²) in [6, 6.07) is 18.8. The van der Waals surface area contributed by atoms with Crippen molar-refractivity contribution in [2.45, 2.75) is 49.8 Å². The summed E-state index contributed by atoms with van der Waals surface area (Å²) in [5, 5.41) is 3.03. The fourth-order valence-electron chi connectivity index (χ4n) is 3.41. The Morgan fingerprint density at radius 1 is 1.04 bits per heavy atom. The van der Waals surface area contributed by atoms with Gasteiger partial charge in [-0.05, 0) is 62.4 Å². The molecule has 27 heavy (non-hydrogen) atoms. The van der Waals surface area contributed by atoms with Gasteiger partial charge in [-0.3, -0.25) is 4.79 Å². The fraction of sp³-hybridized carbons (Fsp3) is 0.435. The third-order valence-corrected chi connectivity index (χ3v) is 6.44. The zero-order valence-electron chi connectivity index (χ0n) is 16.5. The van der Waals surface area contributed by atoms with Crippen molar-refractivity contribution in [3.05, 3.63) is 60.2 Å². The summed E-state index contributed by atoms with van der Waals surface area (Å²) in [6.45, 7) is 8.62. The number of carbonyl (C=O) groups excluding carboxylic acids is 1. The molecule has 3 rings (SSSR count). The van der Waals surface area contributed by atoms with Gasteiger partial charge in [0.2, 0.25) is 5.91 Å². The zero-order valence-corrected chi connectivity index (χ0v) is 17.3. The molecule has 2 aromatic carbocycles. The fourth-order valence-corrected chi connectivity index (χ4v) is 4.31. The lowest BCUT2D eigenvalue weighted by Gasteiger charge is -2.32.